The Kier molecular flexibility index (Phi) is 9.71. The van der Waals surface area contributed by atoms with Crippen LogP contribution in [0.15, 0.2) is 60.7 Å². The van der Waals surface area contributed by atoms with Crippen LogP contribution >= 0.6 is 0 Å². The Labute approximate surface area is 255 Å². The molecule has 4 rings (SSSR count). The van der Waals surface area contributed by atoms with E-state index in [-0.39, 0.29) is 31.7 Å². The maximum atomic E-state index is 13.5. The third-order valence-electron chi connectivity index (χ3n) is 7.89. The Balaban J connectivity index is 1.56. The highest BCUT2D eigenvalue weighted by Gasteiger charge is 2.71. The summed E-state index contributed by atoms with van der Waals surface area (Å²) >= 11 is 0. The lowest BCUT2D eigenvalue weighted by molar-refractivity contribution is -0.376. The molecular weight excluding hydrogens is 606 g/mol. The third kappa shape index (κ3) is 6.44. The molecule has 1 aliphatic rings. The van der Waals surface area contributed by atoms with Gasteiger partial charge in [0, 0.05) is 12.1 Å². The fourth-order valence-corrected chi connectivity index (χ4v) is 5.44. The molecule has 13 heteroatoms. The lowest BCUT2D eigenvalue weighted by Crippen LogP contribution is -2.54. The highest BCUT2D eigenvalue weighted by atomic mass is 19.4. The fourth-order valence-electron chi connectivity index (χ4n) is 5.44. The van der Waals surface area contributed by atoms with Crippen molar-refractivity contribution < 1.29 is 50.5 Å². The third-order valence-corrected chi connectivity index (χ3v) is 7.89. The minimum Gasteiger partial charge on any atom is -0.454 e. The van der Waals surface area contributed by atoms with Crippen LogP contribution in [0.3, 0.4) is 0 Å². The summed E-state index contributed by atoms with van der Waals surface area (Å²) in [6.45, 7) is 3.67. The van der Waals surface area contributed by atoms with Gasteiger partial charge in [-0.2, -0.15) is 26.3 Å². The van der Waals surface area contributed by atoms with Crippen molar-refractivity contribution in [2.24, 2.45) is 0 Å². The number of rotatable bonds is 12. The number of amides is 2. The number of nitrogens with one attached hydrogen (secondary N) is 2. The summed E-state index contributed by atoms with van der Waals surface area (Å²) in [7, 11) is 0. The van der Waals surface area contributed by atoms with Crippen LogP contribution in [0.5, 0.6) is 11.5 Å². The molecule has 1 unspecified atom stereocenters. The molecule has 1 atom stereocenters. The molecule has 0 fully saturated rings. The van der Waals surface area contributed by atoms with Crippen molar-refractivity contribution in [3.8, 4) is 22.6 Å². The van der Waals surface area contributed by atoms with E-state index in [0.29, 0.717) is 53.5 Å². The fraction of sp³-hybridized carbons (Fsp3) is 0.375. The largest absolute Gasteiger partial charge is 0.454 e. The Morgan fingerprint density at radius 2 is 1.58 bits per heavy atom. The van der Waals surface area contributed by atoms with Gasteiger partial charge in [0.25, 0.3) is 5.60 Å². The molecule has 3 aromatic carbocycles. The molecule has 3 aromatic rings. The van der Waals surface area contributed by atoms with E-state index in [1.807, 2.05) is 0 Å². The molecular formula is C32H32F6N2O5. The van der Waals surface area contributed by atoms with Gasteiger partial charge >= 0.3 is 12.4 Å². The zero-order valence-corrected chi connectivity index (χ0v) is 24.4. The van der Waals surface area contributed by atoms with Crippen molar-refractivity contribution in [1.29, 1.82) is 0 Å². The van der Waals surface area contributed by atoms with E-state index in [4.69, 9.17) is 9.47 Å². The van der Waals surface area contributed by atoms with Crippen molar-refractivity contribution in [3.63, 3.8) is 0 Å². The second kappa shape index (κ2) is 13.0. The average Bonchev–Trinajstić information content (AvgIpc) is 3.47. The number of alkyl halides is 6. The van der Waals surface area contributed by atoms with Gasteiger partial charge in [-0.1, -0.05) is 68.8 Å². The molecule has 2 amide bonds. The van der Waals surface area contributed by atoms with Crippen molar-refractivity contribution in [1.82, 2.24) is 10.6 Å². The molecule has 0 aliphatic carbocycles. The summed E-state index contributed by atoms with van der Waals surface area (Å²) < 4.78 is 91.8. The maximum absolute atomic E-state index is 13.5. The quantitative estimate of drug-likeness (QED) is 0.166. The van der Waals surface area contributed by atoms with Gasteiger partial charge in [-0.25, -0.2) is 0 Å². The first-order valence-corrected chi connectivity index (χ1v) is 14.2. The molecule has 1 aliphatic heterocycles. The Morgan fingerprint density at radius 3 is 2.22 bits per heavy atom. The van der Waals surface area contributed by atoms with Crippen LogP contribution in [0, 0.1) is 0 Å². The SMILES string of the molecule is CCCc1cc(C(O)(C(F)(F)F)C(F)(F)F)ccc1-c1cccc(CCNC(=O)C(CC)(NC=O)c2ccc3c(c2)OCO3)c1. The summed E-state index contributed by atoms with van der Waals surface area (Å²) in [6, 6.07) is 14.4. The Bertz CT molecular complexity index is 1530. The number of hydrogen-bond acceptors (Lipinski definition) is 5. The number of hydrogen-bond donors (Lipinski definition) is 3. The Morgan fingerprint density at radius 1 is 0.889 bits per heavy atom. The zero-order chi connectivity index (χ0) is 33.0. The molecule has 45 heavy (non-hydrogen) atoms. The summed E-state index contributed by atoms with van der Waals surface area (Å²) in [5.74, 6) is 0.498. The van der Waals surface area contributed by atoms with Gasteiger partial charge < -0.3 is 25.2 Å². The number of carbonyl (C=O) groups is 2. The molecule has 0 aromatic heterocycles. The average molecular weight is 639 g/mol. The number of aryl methyl sites for hydroxylation is 1. The van der Waals surface area contributed by atoms with Crippen molar-refractivity contribution in [3.05, 3.63) is 82.9 Å². The smallest absolute Gasteiger partial charge is 0.430 e. The highest BCUT2D eigenvalue weighted by molar-refractivity contribution is 5.89. The van der Waals surface area contributed by atoms with E-state index in [1.165, 1.54) is 0 Å². The van der Waals surface area contributed by atoms with Crippen LogP contribution in [-0.2, 0) is 33.6 Å². The lowest BCUT2D eigenvalue weighted by atomic mass is 9.86. The monoisotopic (exact) mass is 638 g/mol. The van der Waals surface area contributed by atoms with Gasteiger partial charge in [-0.05, 0) is 59.2 Å². The standard InChI is InChI=1S/C32H32F6N2O5/c1-3-6-21-16-24(30(43,31(33,34)35)32(36,37)38)9-11-25(21)22-8-5-7-20(15-22)13-14-39-28(42)29(4-2,40-18-41)23-10-12-26-27(17-23)45-19-44-26/h5,7-12,15-18,43H,3-4,6,13-14,19H2,1-2H3,(H,39,42)(H,40,41). The minimum atomic E-state index is -5.99. The number of carbonyl (C=O) groups excluding carboxylic acids is 2. The van der Waals surface area contributed by atoms with Crippen LogP contribution in [0.1, 0.15) is 48.9 Å². The molecule has 242 valence electrons. The van der Waals surface area contributed by atoms with Crippen LogP contribution in [-0.4, -0.2) is 43.1 Å². The second-order valence-electron chi connectivity index (χ2n) is 10.6. The molecule has 0 bridgehead atoms. The van der Waals surface area contributed by atoms with Crippen LogP contribution in [0.2, 0.25) is 0 Å². The molecule has 3 N–H and O–H groups in total. The van der Waals surface area contributed by atoms with Gasteiger partial charge in [0.05, 0.1) is 0 Å². The molecule has 7 nitrogen and oxygen atoms in total. The predicted octanol–water partition coefficient (Wildman–Crippen LogP) is 6.06. The highest BCUT2D eigenvalue weighted by Crippen LogP contribution is 2.50. The summed E-state index contributed by atoms with van der Waals surface area (Å²) in [5.41, 5.74) is -5.32. The summed E-state index contributed by atoms with van der Waals surface area (Å²) in [4.78, 5) is 25.0. The summed E-state index contributed by atoms with van der Waals surface area (Å²) in [6.07, 6.45) is -10.4. The van der Waals surface area contributed by atoms with Gasteiger partial charge in [0.15, 0.2) is 11.5 Å². The molecule has 1 heterocycles. The van der Waals surface area contributed by atoms with Gasteiger partial charge in [-0.15, -0.1) is 0 Å². The molecule has 0 saturated heterocycles. The number of ether oxygens (including phenoxy) is 2. The second-order valence-corrected chi connectivity index (χ2v) is 10.6. The van der Waals surface area contributed by atoms with Gasteiger partial charge in [0.2, 0.25) is 19.1 Å². The van der Waals surface area contributed by atoms with E-state index in [1.54, 1.807) is 56.3 Å². The van der Waals surface area contributed by atoms with Crippen LogP contribution in [0.4, 0.5) is 26.3 Å². The first-order chi connectivity index (χ1) is 21.2. The van der Waals surface area contributed by atoms with E-state index < -0.39 is 35.0 Å². The Hall–Kier alpha value is -4.26. The molecule has 0 spiro atoms. The van der Waals surface area contributed by atoms with E-state index >= 15 is 0 Å². The lowest BCUT2D eigenvalue weighted by Gasteiger charge is -2.33. The normalized spacial score (nSPS) is 14.5. The number of halogens is 6. The zero-order valence-electron chi connectivity index (χ0n) is 24.4. The van der Waals surface area contributed by atoms with Crippen molar-refractivity contribution in [2.75, 3.05) is 13.3 Å². The van der Waals surface area contributed by atoms with Crippen molar-refractivity contribution in [2.45, 2.75) is 63.0 Å². The van der Waals surface area contributed by atoms with E-state index in [2.05, 4.69) is 10.6 Å². The van der Waals surface area contributed by atoms with E-state index in [9.17, 15) is 41.0 Å². The number of aliphatic hydroxyl groups is 1. The van der Waals surface area contributed by atoms with Gasteiger partial charge in [0.1, 0.15) is 5.54 Å². The maximum Gasteiger partial charge on any atom is 0.430 e. The minimum absolute atomic E-state index is 0.0394. The summed E-state index contributed by atoms with van der Waals surface area (Å²) in [5, 5.41) is 15.4. The van der Waals surface area contributed by atoms with Gasteiger partial charge in [-0.3, -0.25) is 9.59 Å². The first-order valence-electron chi connectivity index (χ1n) is 14.2. The number of fused-ring (bicyclic) bond motifs is 1. The number of benzene rings is 3. The van der Waals surface area contributed by atoms with Crippen molar-refractivity contribution >= 4 is 12.3 Å². The predicted molar refractivity (Wildman–Crippen MR) is 152 cm³/mol. The topological polar surface area (TPSA) is 96.9 Å². The first kappa shape index (κ1) is 33.6. The van der Waals surface area contributed by atoms with E-state index in [0.717, 1.165) is 17.7 Å². The molecule has 0 radical (unpaired) electrons. The van der Waals surface area contributed by atoms with Crippen LogP contribution < -0.4 is 20.1 Å². The molecule has 0 saturated carbocycles. The van der Waals surface area contributed by atoms with Crippen LogP contribution in [0.25, 0.3) is 11.1 Å².